The van der Waals surface area contributed by atoms with E-state index in [2.05, 4.69) is 15.5 Å². The normalized spacial score (nSPS) is 10.5. The first-order valence-electron chi connectivity index (χ1n) is 7.90. The first-order chi connectivity index (χ1) is 12.1. The zero-order valence-corrected chi connectivity index (χ0v) is 14.4. The van der Waals surface area contributed by atoms with Crippen LogP contribution in [0.4, 0.5) is 5.69 Å². The van der Waals surface area contributed by atoms with Crippen molar-refractivity contribution in [3.05, 3.63) is 65.0 Å². The van der Waals surface area contributed by atoms with E-state index in [9.17, 15) is 4.79 Å². The van der Waals surface area contributed by atoms with Gasteiger partial charge in [0.05, 0.1) is 19.2 Å². The van der Waals surface area contributed by atoms with E-state index in [0.29, 0.717) is 23.8 Å². The summed E-state index contributed by atoms with van der Waals surface area (Å²) in [6.45, 7) is 4.33. The van der Waals surface area contributed by atoms with E-state index in [1.54, 1.807) is 12.1 Å². The molecule has 0 aliphatic carbocycles. The monoisotopic (exact) mass is 337 g/mol. The van der Waals surface area contributed by atoms with Crippen molar-refractivity contribution in [2.75, 3.05) is 12.4 Å². The van der Waals surface area contributed by atoms with Gasteiger partial charge in [-0.25, -0.2) is 4.79 Å². The van der Waals surface area contributed by atoms with Gasteiger partial charge in [0.2, 0.25) is 11.7 Å². The van der Waals surface area contributed by atoms with Gasteiger partial charge < -0.3 is 14.6 Å². The Labute approximate surface area is 145 Å². The number of nitrogens with zero attached hydrogens (tertiary/aromatic N) is 2. The molecule has 0 aliphatic rings. The largest absolute Gasteiger partial charge is 0.465 e. The first kappa shape index (κ1) is 16.7. The van der Waals surface area contributed by atoms with Crippen LogP contribution >= 0.6 is 0 Å². The number of aromatic nitrogens is 2. The lowest BCUT2D eigenvalue weighted by molar-refractivity contribution is 0.0600. The molecule has 0 aliphatic heterocycles. The Morgan fingerprint density at radius 2 is 1.96 bits per heavy atom. The third-order valence-electron chi connectivity index (χ3n) is 3.93. The number of carbonyl (C=O) groups excluding carboxylic acids is 1. The fourth-order valence-electron chi connectivity index (χ4n) is 2.54. The van der Waals surface area contributed by atoms with Gasteiger partial charge in [-0.3, -0.25) is 0 Å². The summed E-state index contributed by atoms with van der Waals surface area (Å²) in [5, 5.41) is 7.29. The Morgan fingerprint density at radius 1 is 1.16 bits per heavy atom. The molecule has 0 saturated heterocycles. The molecule has 2 aromatic carbocycles. The predicted molar refractivity (Wildman–Crippen MR) is 94.3 cm³/mol. The van der Waals surface area contributed by atoms with Crippen molar-refractivity contribution in [3.8, 4) is 11.4 Å². The number of rotatable bonds is 5. The Kier molecular flexibility index (Phi) is 4.79. The Balaban J connectivity index is 1.71. The minimum absolute atomic E-state index is 0.352. The molecule has 6 heteroatoms. The van der Waals surface area contributed by atoms with Gasteiger partial charge in [-0.1, -0.05) is 29.4 Å². The van der Waals surface area contributed by atoms with Crippen LogP contribution in [0.2, 0.25) is 0 Å². The highest BCUT2D eigenvalue weighted by molar-refractivity contribution is 5.90. The fraction of sp³-hybridized carbons (Fsp3) is 0.211. The maximum absolute atomic E-state index is 11.5. The van der Waals surface area contributed by atoms with Crippen molar-refractivity contribution in [2.24, 2.45) is 0 Å². The van der Waals surface area contributed by atoms with Crippen LogP contribution in [-0.2, 0) is 11.3 Å². The lowest BCUT2D eigenvalue weighted by Gasteiger charge is -2.08. The van der Waals surface area contributed by atoms with Gasteiger partial charge in [0, 0.05) is 11.3 Å². The molecule has 128 valence electrons. The third kappa shape index (κ3) is 3.68. The number of ether oxygens (including phenoxy) is 1. The van der Waals surface area contributed by atoms with Crippen LogP contribution in [0.3, 0.4) is 0 Å². The molecule has 1 heterocycles. The average Bonchev–Trinajstić information content (AvgIpc) is 3.09. The van der Waals surface area contributed by atoms with Crippen LogP contribution in [0.25, 0.3) is 11.4 Å². The fourth-order valence-corrected chi connectivity index (χ4v) is 2.54. The molecule has 0 saturated carbocycles. The van der Waals surface area contributed by atoms with E-state index >= 15 is 0 Å². The number of esters is 1. The first-order valence-corrected chi connectivity index (χ1v) is 7.90. The second-order valence-corrected chi connectivity index (χ2v) is 5.70. The number of methoxy groups -OCH3 is 1. The molecular weight excluding hydrogens is 318 g/mol. The van der Waals surface area contributed by atoms with E-state index < -0.39 is 0 Å². The van der Waals surface area contributed by atoms with Crippen molar-refractivity contribution >= 4 is 11.7 Å². The van der Waals surface area contributed by atoms with Crippen LogP contribution in [0.15, 0.2) is 47.0 Å². The predicted octanol–water partition coefficient (Wildman–Crippen LogP) is 3.75. The summed E-state index contributed by atoms with van der Waals surface area (Å²) in [5.41, 5.74) is 4.39. The van der Waals surface area contributed by atoms with Crippen LogP contribution in [0, 0.1) is 13.8 Å². The minimum Gasteiger partial charge on any atom is -0.465 e. The number of hydrogen-bond donors (Lipinski definition) is 1. The smallest absolute Gasteiger partial charge is 0.337 e. The summed E-state index contributed by atoms with van der Waals surface area (Å²) in [6, 6.07) is 13.2. The molecular formula is C19H19N3O3. The second-order valence-electron chi connectivity index (χ2n) is 5.70. The van der Waals surface area contributed by atoms with Crippen LogP contribution in [0.5, 0.6) is 0 Å². The van der Waals surface area contributed by atoms with Crippen molar-refractivity contribution in [1.82, 2.24) is 10.1 Å². The van der Waals surface area contributed by atoms with Gasteiger partial charge >= 0.3 is 5.97 Å². The standard InChI is InChI=1S/C19H19N3O3/c1-12-6-4-5-7-15(12)18-21-17(25-22-18)11-20-16-9-8-14(10-13(16)2)19(23)24-3/h4-10,20H,11H2,1-3H3. The number of carbonyl (C=O) groups is 1. The second kappa shape index (κ2) is 7.17. The number of anilines is 1. The van der Waals surface area contributed by atoms with Gasteiger partial charge in [-0.2, -0.15) is 4.98 Å². The maximum atomic E-state index is 11.5. The molecule has 0 spiro atoms. The topological polar surface area (TPSA) is 77.2 Å². The lowest BCUT2D eigenvalue weighted by Crippen LogP contribution is -2.05. The Bertz CT molecular complexity index is 902. The van der Waals surface area contributed by atoms with Crippen LogP contribution < -0.4 is 5.32 Å². The molecule has 0 unspecified atom stereocenters. The molecule has 0 atom stereocenters. The maximum Gasteiger partial charge on any atom is 0.337 e. The molecule has 0 amide bonds. The highest BCUT2D eigenvalue weighted by Gasteiger charge is 2.11. The van der Waals surface area contributed by atoms with Crippen molar-refractivity contribution in [1.29, 1.82) is 0 Å². The highest BCUT2D eigenvalue weighted by atomic mass is 16.5. The summed E-state index contributed by atoms with van der Waals surface area (Å²) in [6.07, 6.45) is 0. The molecule has 0 radical (unpaired) electrons. The number of aryl methyl sites for hydroxylation is 2. The summed E-state index contributed by atoms with van der Waals surface area (Å²) < 4.78 is 10.0. The minimum atomic E-state index is -0.352. The number of hydrogen-bond acceptors (Lipinski definition) is 6. The van der Waals surface area contributed by atoms with E-state index in [1.807, 2.05) is 44.2 Å². The molecule has 3 aromatic rings. The molecule has 1 N–H and O–H groups in total. The lowest BCUT2D eigenvalue weighted by atomic mass is 10.1. The van der Waals surface area contributed by atoms with Crippen molar-refractivity contribution in [3.63, 3.8) is 0 Å². The third-order valence-corrected chi connectivity index (χ3v) is 3.93. The number of benzene rings is 2. The van der Waals surface area contributed by atoms with Gasteiger partial charge in [0.15, 0.2) is 0 Å². The molecule has 0 fully saturated rings. The van der Waals surface area contributed by atoms with Crippen molar-refractivity contribution < 1.29 is 14.1 Å². The molecule has 1 aromatic heterocycles. The van der Waals surface area contributed by atoms with E-state index in [-0.39, 0.29) is 5.97 Å². The quantitative estimate of drug-likeness (QED) is 0.715. The number of nitrogens with one attached hydrogen (secondary N) is 1. The van der Waals surface area contributed by atoms with Crippen LogP contribution in [-0.4, -0.2) is 23.2 Å². The van der Waals surface area contributed by atoms with E-state index in [4.69, 9.17) is 9.26 Å². The summed E-state index contributed by atoms with van der Waals surface area (Å²) >= 11 is 0. The van der Waals surface area contributed by atoms with E-state index in [1.165, 1.54) is 7.11 Å². The molecule has 25 heavy (non-hydrogen) atoms. The zero-order valence-electron chi connectivity index (χ0n) is 14.4. The Morgan fingerprint density at radius 3 is 2.68 bits per heavy atom. The SMILES string of the molecule is COC(=O)c1ccc(NCc2nc(-c3ccccc3C)no2)c(C)c1. The summed E-state index contributed by atoms with van der Waals surface area (Å²) in [4.78, 5) is 16.0. The van der Waals surface area contributed by atoms with Crippen molar-refractivity contribution in [2.45, 2.75) is 20.4 Å². The van der Waals surface area contributed by atoms with Gasteiger partial charge in [0.25, 0.3) is 0 Å². The zero-order chi connectivity index (χ0) is 17.8. The van der Waals surface area contributed by atoms with Gasteiger partial charge in [-0.05, 0) is 43.2 Å². The summed E-state index contributed by atoms with van der Waals surface area (Å²) in [5.74, 6) is 0.719. The Hall–Kier alpha value is -3.15. The van der Waals surface area contributed by atoms with Gasteiger partial charge in [-0.15, -0.1) is 0 Å². The summed E-state index contributed by atoms with van der Waals surface area (Å²) in [7, 11) is 1.37. The molecule has 6 nitrogen and oxygen atoms in total. The van der Waals surface area contributed by atoms with E-state index in [0.717, 1.165) is 22.4 Å². The van der Waals surface area contributed by atoms with Crippen LogP contribution in [0.1, 0.15) is 27.4 Å². The average molecular weight is 337 g/mol. The molecule has 0 bridgehead atoms. The molecule has 3 rings (SSSR count). The highest BCUT2D eigenvalue weighted by Crippen LogP contribution is 2.21. The van der Waals surface area contributed by atoms with Gasteiger partial charge in [0.1, 0.15) is 0 Å².